The van der Waals surface area contributed by atoms with Crippen LogP contribution in [0.25, 0.3) is 0 Å². The van der Waals surface area contributed by atoms with E-state index in [9.17, 15) is 4.79 Å². The van der Waals surface area contributed by atoms with Crippen molar-refractivity contribution in [1.82, 2.24) is 0 Å². The number of carbonyl (C=O) groups excluding carboxylic acids is 1. The van der Waals surface area contributed by atoms with E-state index in [1.165, 1.54) is 0 Å². The van der Waals surface area contributed by atoms with Crippen LogP contribution in [0.1, 0.15) is 27.2 Å². The zero-order chi connectivity index (χ0) is 7.28. The average molecular weight is 130 g/mol. The predicted molar refractivity (Wildman–Crippen MR) is 36.1 cm³/mol. The molecule has 1 atom stereocenters. The zero-order valence-electron chi connectivity index (χ0n) is 6.31. The average Bonchev–Trinajstić information content (AvgIpc) is 2.23. The largest absolute Gasteiger partial charge is 0.465 e. The van der Waals surface area contributed by atoms with Crippen LogP contribution in [0, 0.1) is 5.92 Å². The number of hydrogen-bond acceptors (Lipinski definition) is 2. The summed E-state index contributed by atoms with van der Waals surface area (Å²) in [5.74, 6) is 0.111. The second-order valence-electron chi connectivity index (χ2n) is 1.86. The number of esters is 1. The standard InChI is InChI=1S/C5H8O2.C2H6/c1-4-2-3-7-5(4)6;1-2/h4H,2-3H2,1H3;1-2H3/t4-;/m1./s1. The molecule has 2 nitrogen and oxygen atoms in total. The third kappa shape index (κ3) is 2.49. The van der Waals surface area contributed by atoms with E-state index in [1.54, 1.807) is 0 Å². The monoisotopic (exact) mass is 130 g/mol. The lowest BCUT2D eigenvalue weighted by Crippen LogP contribution is -2.00. The van der Waals surface area contributed by atoms with Crippen molar-refractivity contribution in [2.24, 2.45) is 5.92 Å². The van der Waals surface area contributed by atoms with E-state index >= 15 is 0 Å². The van der Waals surface area contributed by atoms with Crippen LogP contribution in [0.15, 0.2) is 0 Å². The van der Waals surface area contributed by atoms with Crippen LogP contribution in [-0.2, 0) is 9.53 Å². The van der Waals surface area contributed by atoms with Gasteiger partial charge in [-0.1, -0.05) is 20.8 Å². The van der Waals surface area contributed by atoms with E-state index in [2.05, 4.69) is 4.74 Å². The first-order chi connectivity index (χ1) is 4.30. The molecular weight excluding hydrogens is 116 g/mol. The fraction of sp³-hybridized carbons (Fsp3) is 0.857. The van der Waals surface area contributed by atoms with Crippen molar-refractivity contribution >= 4 is 5.97 Å². The highest BCUT2D eigenvalue weighted by atomic mass is 16.5. The van der Waals surface area contributed by atoms with Crippen LogP contribution in [0.2, 0.25) is 0 Å². The maximum atomic E-state index is 10.4. The van der Waals surface area contributed by atoms with Gasteiger partial charge in [0.15, 0.2) is 0 Å². The lowest BCUT2D eigenvalue weighted by molar-refractivity contribution is -0.140. The third-order valence-electron chi connectivity index (χ3n) is 1.20. The van der Waals surface area contributed by atoms with Gasteiger partial charge in [0.2, 0.25) is 0 Å². The lowest BCUT2D eigenvalue weighted by Gasteiger charge is -1.88. The molecule has 0 aliphatic carbocycles. The molecule has 0 aromatic rings. The Hall–Kier alpha value is -0.530. The van der Waals surface area contributed by atoms with Crippen molar-refractivity contribution in [3.05, 3.63) is 0 Å². The molecule has 0 radical (unpaired) electrons. The maximum absolute atomic E-state index is 10.4. The van der Waals surface area contributed by atoms with Crippen LogP contribution >= 0.6 is 0 Å². The van der Waals surface area contributed by atoms with Crippen LogP contribution in [0.4, 0.5) is 0 Å². The second-order valence-corrected chi connectivity index (χ2v) is 1.86. The highest BCUT2D eigenvalue weighted by molar-refractivity contribution is 5.73. The Morgan fingerprint density at radius 1 is 1.56 bits per heavy atom. The Balaban J connectivity index is 0.000000291. The molecule has 0 unspecified atom stereocenters. The van der Waals surface area contributed by atoms with E-state index < -0.39 is 0 Å². The fourth-order valence-corrected chi connectivity index (χ4v) is 0.596. The van der Waals surface area contributed by atoms with Gasteiger partial charge < -0.3 is 4.74 Å². The van der Waals surface area contributed by atoms with Crippen molar-refractivity contribution in [3.8, 4) is 0 Å². The number of ether oxygens (including phenoxy) is 1. The van der Waals surface area contributed by atoms with Crippen LogP contribution in [-0.4, -0.2) is 12.6 Å². The first kappa shape index (κ1) is 8.47. The third-order valence-corrected chi connectivity index (χ3v) is 1.20. The molecule has 0 aromatic heterocycles. The molecular formula is C7H14O2. The Labute approximate surface area is 56.2 Å². The highest BCUT2D eigenvalue weighted by Crippen LogP contribution is 2.11. The summed E-state index contributed by atoms with van der Waals surface area (Å²) in [5.41, 5.74) is 0. The van der Waals surface area contributed by atoms with Gasteiger partial charge in [0.25, 0.3) is 0 Å². The topological polar surface area (TPSA) is 26.3 Å². The highest BCUT2D eigenvalue weighted by Gasteiger charge is 2.20. The van der Waals surface area contributed by atoms with Crippen molar-refractivity contribution in [3.63, 3.8) is 0 Å². The quantitative estimate of drug-likeness (QED) is 0.465. The number of carbonyl (C=O) groups is 1. The minimum absolute atomic E-state index is 0.0417. The molecule has 1 fully saturated rings. The van der Waals surface area contributed by atoms with E-state index in [-0.39, 0.29) is 11.9 Å². The molecule has 1 aliphatic heterocycles. The van der Waals surface area contributed by atoms with Crippen molar-refractivity contribution in [2.45, 2.75) is 27.2 Å². The fourth-order valence-electron chi connectivity index (χ4n) is 0.596. The lowest BCUT2D eigenvalue weighted by atomic mass is 10.2. The van der Waals surface area contributed by atoms with E-state index in [0.717, 1.165) is 6.42 Å². The van der Waals surface area contributed by atoms with Crippen LogP contribution in [0.3, 0.4) is 0 Å². The van der Waals surface area contributed by atoms with Gasteiger partial charge in [-0.25, -0.2) is 0 Å². The Kier molecular flexibility index (Phi) is 4.10. The predicted octanol–water partition coefficient (Wildman–Crippen LogP) is 1.60. The molecule has 1 rings (SSSR count). The van der Waals surface area contributed by atoms with Gasteiger partial charge in [0.1, 0.15) is 0 Å². The van der Waals surface area contributed by atoms with Crippen LogP contribution < -0.4 is 0 Å². The zero-order valence-corrected chi connectivity index (χ0v) is 6.31. The molecule has 0 bridgehead atoms. The summed E-state index contributed by atoms with van der Waals surface area (Å²) >= 11 is 0. The van der Waals surface area contributed by atoms with Gasteiger partial charge in [-0.3, -0.25) is 4.79 Å². The summed E-state index contributed by atoms with van der Waals surface area (Å²) in [6.45, 7) is 6.51. The summed E-state index contributed by atoms with van der Waals surface area (Å²) in [6, 6.07) is 0. The summed E-state index contributed by atoms with van der Waals surface area (Å²) in [6.07, 6.45) is 0.902. The van der Waals surface area contributed by atoms with Crippen molar-refractivity contribution in [2.75, 3.05) is 6.61 Å². The molecule has 54 valence electrons. The molecule has 0 amide bonds. The molecule has 1 heterocycles. The van der Waals surface area contributed by atoms with Crippen LogP contribution in [0.5, 0.6) is 0 Å². The van der Waals surface area contributed by atoms with Gasteiger partial charge >= 0.3 is 5.97 Å². The molecule has 0 spiro atoms. The smallest absolute Gasteiger partial charge is 0.308 e. The van der Waals surface area contributed by atoms with Gasteiger partial charge in [-0.05, 0) is 6.42 Å². The van der Waals surface area contributed by atoms with E-state index in [4.69, 9.17) is 0 Å². The molecule has 2 heteroatoms. The summed E-state index contributed by atoms with van der Waals surface area (Å²) < 4.78 is 4.63. The molecule has 1 saturated heterocycles. The molecule has 1 aliphatic rings. The molecule has 0 N–H and O–H groups in total. The number of hydrogen-bond donors (Lipinski definition) is 0. The summed E-state index contributed by atoms with van der Waals surface area (Å²) in [7, 11) is 0. The Morgan fingerprint density at radius 2 is 2.11 bits per heavy atom. The van der Waals surface area contributed by atoms with Gasteiger partial charge in [0, 0.05) is 0 Å². The second kappa shape index (κ2) is 4.36. The SMILES string of the molecule is CC.C[C@@H]1CCOC1=O. The first-order valence-electron chi connectivity index (χ1n) is 3.47. The molecule has 0 saturated carbocycles. The summed E-state index contributed by atoms with van der Waals surface area (Å²) in [4.78, 5) is 10.4. The molecule has 9 heavy (non-hydrogen) atoms. The Morgan fingerprint density at radius 3 is 2.22 bits per heavy atom. The number of rotatable bonds is 0. The van der Waals surface area contributed by atoms with Gasteiger partial charge in [-0.15, -0.1) is 0 Å². The van der Waals surface area contributed by atoms with Gasteiger partial charge in [0.05, 0.1) is 12.5 Å². The summed E-state index contributed by atoms with van der Waals surface area (Å²) in [5, 5.41) is 0. The minimum atomic E-state index is -0.0417. The minimum Gasteiger partial charge on any atom is -0.465 e. The van der Waals surface area contributed by atoms with E-state index in [0.29, 0.717) is 6.61 Å². The van der Waals surface area contributed by atoms with Gasteiger partial charge in [-0.2, -0.15) is 0 Å². The number of cyclic esters (lactones) is 1. The first-order valence-corrected chi connectivity index (χ1v) is 3.47. The van der Waals surface area contributed by atoms with E-state index in [1.807, 2.05) is 20.8 Å². The maximum Gasteiger partial charge on any atom is 0.308 e. The van der Waals surface area contributed by atoms with Crippen molar-refractivity contribution in [1.29, 1.82) is 0 Å². The van der Waals surface area contributed by atoms with Crippen molar-refractivity contribution < 1.29 is 9.53 Å². The normalized spacial score (nSPS) is 24.3. The molecule has 0 aromatic carbocycles. The Bertz CT molecular complexity index is 88.9.